The van der Waals surface area contributed by atoms with Crippen LogP contribution in [0.5, 0.6) is 5.75 Å². The van der Waals surface area contributed by atoms with Gasteiger partial charge >= 0.3 is 0 Å². The molecule has 4 rings (SSSR count). The van der Waals surface area contributed by atoms with Gasteiger partial charge in [0, 0.05) is 22.9 Å². The number of anilines is 1. The van der Waals surface area contributed by atoms with Crippen LogP contribution < -0.4 is 9.64 Å². The Morgan fingerprint density at radius 2 is 1.71 bits per heavy atom. The molecule has 0 unspecified atom stereocenters. The first-order chi connectivity index (χ1) is 11.8. The van der Waals surface area contributed by atoms with E-state index < -0.39 is 0 Å². The van der Waals surface area contributed by atoms with E-state index in [2.05, 4.69) is 27.3 Å². The van der Waals surface area contributed by atoms with Gasteiger partial charge in [0.25, 0.3) is 0 Å². The number of ether oxygens (including phenoxy) is 1. The van der Waals surface area contributed by atoms with Crippen molar-refractivity contribution in [3.05, 3.63) is 36.4 Å². The van der Waals surface area contributed by atoms with Gasteiger partial charge in [-0.15, -0.1) is 0 Å². The van der Waals surface area contributed by atoms with Crippen LogP contribution in [0, 0.1) is 0 Å². The maximum Gasteiger partial charge on any atom is 0.159 e. The molecule has 0 bridgehead atoms. The molecule has 1 fully saturated rings. The molecule has 1 aliphatic heterocycles. The van der Waals surface area contributed by atoms with Gasteiger partial charge in [-0.1, -0.05) is 11.8 Å². The van der Waals surface area contributed by atoms with Crippen LogP contribution in [-0.4, -0.2) is 30.5 Å². The van der Waals surface area contributed by atoms with Gasteiger partial charge in [0.2, 0.25) is 0 Å². The van der Waals surface area contributed by atoms with E-state index in [4.69, 9.17) is 9.37 Å². The minimum Gasteiger partial charge on any atom is -0.497 e. The Hall–Kier alpha value is -2.21. The van der Waals surface area contributed by atoms with Crippen LogP contribution in [0.25, 0.3) is 11.0 Å². The maximum absolute atomic E-state index is 5.21. The molecule has 24 heavy (non-hydrogen) atoms. The standard InChI is InChI=1S/C18H19N3O2S/c1-22-13-5-7-14(8-6-13)24-16-10-9-15(17-18(16)20-23-19-17)21-11-3-2-4-12-21/h5-10H,2-4,11-12H2,1H3. The minimum atomic E-state index is 0.832. The fourth-order valence-electron chi connectivity index (χ4n) is 3.07. The predicted octanol–water partition coefficient (Wildman–Crippen LogP) is 4.37. The summed E-state index contributed by atoms with van der Waals surface area (Å²) in [5.41, 5.74) is 2.82. The van der Waals surface area contributed by atoms with E-state index in [1.165, 1.54) is 19.3 Å². The van der Waals surface area contributed by atoms with Crippen molar-refractivity contribution in [1.82, 2.24) is 10.3 Å². The lowest BCUT2D eigenvalue weighted by Gasteiger charge is -2.28. The molecule has 0 spiro atoms. The summed E-state index contributed by atoms with van der Waals surface area (Å²) in [4.78, 5) is 4.57. The van der Waals surface area contributed by atoms with Crippen molar-refractivity contribution in [2.45, 2.75) is 29.1 Å². The highest BCUT2D eigenvalue weighted by Crippen LogP contribution is 2.37. The number of hydrogen-bond donors (Lipinski definition) is 0. The molecular weight excluding hydrogens is 322 g/mol. The highest BCUT2D eigenvalue weighted by atomic mass is 32.2. The molecule has 2 heterocycles. The van der Waals surface area contributed by atoms with E-state index in [1.54, 1.807) is 18.9 Å². The fraction of sp³-hybridized carbons (Fsp3) is 0.333. The number of aromatic nitrogens is 2. The van der Waals surface area contributed by atoms with Crippen molar-refractivity contribution in [2.24, 2.45) is 0 Å². The second-order valence-corrected chi connectivity index (χ2v) is 6.98. The van der Waals surface area contributed by atoms with E-state index in [1.807, 2.05) is 24.3 Å². The third-order valence-corrected chi connectivity index (χ3v) is 5.40. The molecule has 0 radical (unpaired) electrons. The summed E-state index contributed by atoms with van der Waals surface area (Å²) in [6.07, 6.45) is 3.77. The Bertz CT molecular complexity index is 826. The Labute approximate surface area is 144 Å². The molecule has 6 heteroatoms. The molecule has 0 N–H and O–H groups in total. The topological polar surface area (TPSA) is 51.4 Å². The normalized spacial score (nSPS) is 15.0. The van der Waals surface area contributed by atoms with Crippen molar-refractivity contribution in [3.63, 3.8) is 0 Å². The lowest BCUT2D eigenvalue weighted by atomic mass is 10.1. The summed E-state index contributed by atoms with van der Waals surface area (Å²) < 4.78 is 10.3. The van der Waals surface area contributed by atoms with Crippen molar-refractivity contribution >= 4 is 28.5 Å². The van der Waals surface area contributed by atoms with Gasteiger partial charge in [-0.25, -0.2) is 4.63 Å². The summed E-state index contributed by atoms with van der Waals surface area (Å²) in [5, 5.41) is 8.31. The first-order valence-corrected chi connectivity index (χ1v) is 8.99. The lowest BCUT2D eigenvalue weighted by Crippen LogP contribution is -2.29. The SMILES string of the molecule is COc1ccc(Sc2ccc(N3CCCCC3)c3nonc23)cc1. The second-order valence-electron chi connectivity index (χ2n) is 5.87. The van der Waals surface area contributed by atoms with Crippen molar-refractivity contribution in [3.8, 4) is 5.75 Å². The third kappa shape index (κ3) is 2.94. The predicted molar refractivity (Wildman–Crippen MR) is 95.0 cm³/mol. The zero-order valence-electron chi connectivity index (χ0n) is 13.6. The largest absolute Gasteiger partial charge is 0.497 e. The average Bonchev–Trinajstić information content (AvgIpc) is 3.13. The molecule has 0 atom stereocenters. The van der Waals surface area contributed by atoms with Crippen LogP contribution >= 0.6 is 11.8 Å². The van der Waals surface area contributed by atoms with Crippen molar-refractivity contribution in [2.75, 3.05) is 25.1 Å². The van der Waals surface area contributed by atoms with Gasteiger partial charge in [-0.2, -0.15) is 0 Å². The molecule has 1 aromatic heterocycles. The molecule has 1 aliphatic rings. The van der Waals surface area contributed by atoms with E-state index in [0.29, 0.717) is 0 Å². The Morgan fingerprint density at radius 3 is 2.46 bits per heavy atom. The van der Waals surface area contributed by atoms with Crippen LogP contribution in [0.1, 0.15) is 19.3 Å². The van der Waals surface area contributed by atoms with Gasteiger partial charge in [0.1, 0.15) is 5.75 Å². The molecule has 0 amide bonds. The van der Waals surface area contributed by atoms with Crippen LogP contribution in [0.2, 0.25) is 0 Å². The molecule has 3 aromatic rings. The van der Waals surface area contributed by atoms with Gasteiger partial charge in [-0.3, -0.25) is 0 Å². The summed E-state index contributed by atoms with van der Waals surface area (Å²) in [6.45, 7) is 2.15. The molecule has 5 nitrogen and oxygen atoms in total. The lowest BCUT2D eigenvalue weighted by molar-refractivity contribution is 0.315. The molecule has 1 saturated heterocycles. The Balaban J connectivity index is 1.65. The highest BCUT2D eigenvalue weighted by Gasteiger charge is 2.19. The summed E-state index contributed by atoms with van der Waals surface area (Å²) >= 11 is 1.66. The van der Waals surface area contributed by atoms with Gasteiger partial charge in [0.15, 0.2) is 11.0 Å². The molecular formula is C18H19N3O2S. The molecule has 0 saturated carbocycles. The highest BCUT2D eigenvalue weighted by molar-refractivity contribution is 7.99. The Kier molecular flexibility index (Phi) is 4.30. The number of nitrogens with zero attached hydrogens (tertiary/aromatic N) is 3. The number of benzene rings is 2. The first kappa shape index (κ1) is 15.3. The fourth-order valence-corrected chi connectivity index (χ4v) is 3.97. The second kappa shape index (κ2) is 6.73. The zero-order valence-corrected chi connectivity index (χ0v) is 14.4. The number of piperidine rings is 1. The first-order valence-electron chi connectivity index (χ1n) is 8.17. The third-order valence-electron chi connectivity index (χ3n) is 4.34. The maximum atomic E-state index is 5.21. The van der Waals surface area contributed by atoms with E-state index in [-0.39, 0.29) is 0 Å². The number of methoxy groups -OCH3 is 1. The van der Waals surface area contributed by atoms with Gasteiger partial charge in [-0.05, 0) is 66.0 Å². The number of fused-ring (bicyclic) bond motifs is 1. The molecule has 124 valence electrons. The van der Waals surface area contributed by atoms with Gasteiger partial charge in [0.05, 0.1) is 12.8 Å². The number of rotatable bonds is 4. The van der Waals surface area contributed by atoms with E-state index >= 15 is 0 Å². The summed E-state index contributed by atoms with van der Waals surface area (Å²) in [6, 6.07) is 12.3. The van der Waals surface area contributed by atoms with E-state index in [0.717, 1.165) is 45.4 Å². The van der Waals surface area contributed by atoms with Crippen LogP contribution in [0.4, 0.5) is 5.69 Å². The monoisotopic (exact) mass is 341 g/mol. The zero-order chi connectivity index (χ0) is 16.4. The molecule has 2 aromatic carbocycles. The van der Waals surface area contributed by atoms with Crippen LogP contribution in [0.3, 0.4) is 0 Å². The van der Waals surface area contributed by atoms with E-state index in [9.17, 15) is 0 Å². The van der Waals surface area contributed by atoms with Crippen LogP contribution in [0.15, 0.2) is 50.8 Å². The molecule has 0 aliphatic carbocycles. The average molecular weight is 341 g/mol. The summed E-state index contributed by atoms with van der Waals surface area (Å²) in [5.74, 6) is 0.855. The minimum absolute atomic E-state index is 0.832. The van der Waals surface area contributed by atoms with Gasteiger partial charge < -0.3 is 9.64 Å². The number of hydrogen-bond acceptors (Lipinski definition) is 6. The Morgan fingerprint density at radius 1 is 0.958 bits per heavy atom. The van der Waals surface area contributed by atoms with Crippen molar-refractivity contribution < 1.29 is 9.37 Å². The van der Waals surface area contributed by atoms with Crippen LogP contribution in [-0.2, 0) is 0 Å². The quantitative estimate of drug-likeness (QED) is 0.702. The smallest absolute Gasteiger partial charge is 0.159 e. The summed E-state index contributed by atoms with van der Waals surface area (Å²) in [7, 11) is 1.67. The van der Waals surface area contributed by atoms with Crippen molar-refractivity contribution in [1.29, 1.82) is 0 Å².